The van der Waals surface area contributed by atoms with Crippen molar-refractivity contribution in [1.82, 2.24) is 5.32 Å². The van der Waals surface area contributed by atoms with Crippen LogP contribution in [0.15, 0.2) is 64.8 Å². The number of amidine groups is 1. The molecule has 2 N–H and O–H groups in total. The first-order valence-corrected chi connectivity index (χ1v) is 11.2. The van der Waals surface area contributed by atoms with Crippen LogP contribution in [0.2, 0.25) is 5.02 Å². The van der Waals surface area contributed by atoms with Crippen molar-refractivity contribution in [2.24, 2.45) is 10.2 Å². The predicted octanol–water partition coefficient (Wildman–Crippen LogP) is 4.41. The van der Waals surface area contributed by atoms with Crippen molar-refractivity contribution in [2.75, 3.05) is 24.3 Å². The molecule has 1 saturated heterocycles. The molecule has 1 fully saturated rings. The molecule has 0 aromatic heterocycles. The van der Waals surface area contributed by atoms with Crippen LogP contribution in [0.25, 0.3) is 6.08 Å². The maximum Gasteiger partial charge on any atom is 0.238 e. The van der Waals surface area contributed by atoms with E-state index in [9.17, 15) is 9.59 Å². The summed E-state index contributed by atoms with van der Waals surface area (Å²) in [6, 6.07) is 15.0. The molecule has 0 unspecified atom stereocenters. The van der Waals surface area contributed by atoms with Gasteiger partial charge in [0.25, 0.3) is 0 Å². The van der Waals surface area contributed by atoms with E-state index in [1.807, 2.05) is 62.3 Å². The highest BCUT2D eigenvalue weighted by atomic mass is 35.5. The summed E-state index contributed by atoms with van der Waals surface area (Å²) in [7, 11) is 3.99. The van der Waals surface area contributed by atoms with Gasteiger partial charge < -0.3 is 15.5 Å². The molecule has 32 heavy (non-hydrogen) atoms. The average molecular weight is 470 g/mol. The third-order valence-electron chi connectivity index (χ3n) is 4.48. The molecule has 9 heteroatoms. The van der Waals surface area contributed by atoms with E-state index >= 15 is 0 Å². The molecule has 2 amide bonds. The Morgan fingerprint density at radius 3 is 2.69 bits per heavy atom. The highest BCUT2D eigenvalue weighted by Crippen LogP contribution is 2.23. The molecule has 1 atom stereocenters. The van der Waals surface area contributed by atoms with Crippen molar-refractivity contribution in [3.05, 3.63) is 65.2 Å². The number of nitrogens with one attached hydrogen (secondary N) is 2. The molecule has 1 heterocycles. The number of rotatable bonds is 6. The minimum absolute atomic E-state index is 0.0572. The van der Waals surface area contributed by atoms with Crippen molar-refractivity contribution in [2.45, 2.75) is 18.6 Å². The Morgan fingerprint density at radius 2 is 2.00 bits per heavy atom. The second kappa shape index (κ2) is 11.0. The van der Waals surface area contributed by atoms with Crippen molar-refractivity contribution >= 4 is 63.5 Å². The van der Waals surface area contributed by atoms with Crippen molar-refractivity contribution in [1.29, 1.82) is 0 Å². The summed E-state index contributed by atoms with van der Waals surface area (Å²) in [5, 5.41) is 13.9. The van der Waals surface area contributed by atoms with Gasteiger partial charge in [-0.25, -0.2) is 0 Å². The summed E-state index contributed by atoms with van der Waals surface area (Å²) in [5.41, 5.74) is 3.40. The molecule has 0 aliphatic carbocycles. The Morgan fingerprint density at radius 1 is 1.25 bits per heavy atom. The summed E-state index contributed by atoms with van der Waals surface area (Å²) < 4.78 is 0. The first kappa shape index (κ1) is 23.6. The Bertz CT molecular complexity index is 1080. The summed E-state index contributed by atoms with van der Waals surface area (Å²) in [6.07, 6.45) is 3.83. The van der Waals surface area contributed by atoms with Crippen molar-refractivity contribution < 1.29 is 9.59 Å². The van der Waals surface area contributed by atoms with Gasteiger partial charge in [-0.2, -0.15) is 5.10 Å². The minimum atomic E-state index is -0.609. The number of hydrogen-bond acceptors (Lipinski definition) is 6. The highest BCUT2D eigenvalue weighted by Gasteiger charge is 2.30. The molecule has 0 spiro atoms. The van der Waals surface area contributed by atoms with Gasteiger partial charge in [0, 0.05) is 36.9 Å². The zero-order valence-electron chi connectivity index (χ0n) is 18.0. The van der Waals surface area contributed by atoms with E-state index in [2.05, 4.69) is 20.8 Å². The fraction of sp³-hybridized carbons (Fsp3) is 0.217. The van der Waals surface area contributed by atoms with Gasteiger partial charge in [0.1, 0.15) is 5.25 Å². The molecule has 2 aromatic carbocycles. The van der Waals surface area contributed by atoms with E-state index in [1.54, 1.807) is 24.3 Å². The van der Waals surface area contributed by atoms with E-state index in [0.717, 1.165) is 23.0 Å². The fourth-order valence-electron chi connectivity index (χ4n) is 2.79. The van der Waals surface area contributed by atoms with Crippen LogP contribution in [0.5, 0.6) is 0 Å². The number of thioether (sulfide) groups is 1. The maximum atomic E-state index is 12.6. The lowest BCUT2D eigenvalue weighted by atomic mass is 10.2. The van der Waals surface area contributed by atoms with Crippen molar-refractivity contribution in [3.8, 4) is 0 Å². The third-order valence-corrected chi connectivity index (χ3v) is 5.79. The maximum absolute atomic E-state index is 12.6. The quantitative estimate of drug-likeness (QED) is 0.484. The van der Waals surface area contributed by atoms with Crippen LogP contribution < -0.4 is 15.5 Å². The molecule has 1 aliphatic heterocycles. The number of nitrogens with zero attached hydrogens (tertiary/aromatic N) is 3. The second-order valence-corrected chi connectivity index (χ2v) is 8.95. The molecule has 166 valence electrons. The number of amides is 2. The molecule has 7 nitrogen and oxygen atoms in total. The minimum Gasteiger partial charge on any atom is -0.378 e. The Balaban J connectivity index is 1.63. The first-order valence-electron chi connectivity index (χ1n) is 9.91. The van der Waals surface area contributed by atoms with E-state index in [4.69, 9.17) is 11.6 Å². The number of carbonyl (C=O) groups is 2. The first-order chi connectivity index (χ1) is 15.3. The predicted molar refractivity (Wildman–Crippen MR) is 135 cm³/mol. The van der Waals surface area contributed by atoms with E-state index in [-0.39, 0.29) is 23.4 Å². The molecule has 0 saturated carbocycles. The SMILES string of the molecule is CC(/C=C/c1ccc(N(C)C)cc1)=N/N=C1/NC(=O)C[C@H](C(=O)Nc2cccc(Cl)c2)S1. The summed E-state index contributed by atoms with van der Waals surface area (Å²) in [6.45, 7) is 1.81. The van der Waals surface area contributed by atoms with Crippen LogP contribution in [0, 0.1) is 0 Å². The van der Waals surface area contributed by atoms with Gasteiger partial charge in [0.05, 0.1) is 5.71 Å². The smallest absolute Gasteiger partial charge is 0.238 e. The third kappa shape index (κ3) is 6.96. The van der Waals surface area contributed by atoms with Crippen molar-refractivity contribution in [3.63, 3.8) is 0 Å². The largest absolute Gasteiger partial charge is 0.378 e. The highest BCUT2D eigenvalue weighted by molar-refractivity contribution is 8.15. The van der Waals surface area contributed by atoms with Gasteiger partial charge in [0.2, 0.25) is 11.8 Å². The average Bonchev–Trinajstić information content (AvgIpc) is 2.76. The van der Waals surface area contributed by atoms with Gasteiger partial charge >= 0.3 is 0 Å². The van der Waals surface area contributed by atoms with Crippen LogP contribution in [0.3, 0.4) is 0 Å². The molecular formula is C23H24ClN5O2S. The molecule has 0 radical (unpaired) electrons. The molecule has 3 rings (SSSR count). The van der Waals surface area contributed by atoms with Gasteiger partial charge in [-0.1, -0.05) is 47.6 Å². The summed E-state index contributed by atoms with van der Waals surface area (Å²) >= 11 is 7.12. The fourth-order valence-corrected chi connectivity index (χ4v) is 3.91. The van der Waals surface area contributed by atoms with E-state index in [0.29, 0.717) is 16.4 Å². The molecule has 1 aliphatic rings. The Labute approximate surface area is 196 Å². The van der Waals surface area contributed by atoms with Gasteiger partial charge in [0.15, 0.2) is 5.17 Å². The molecule has 0 bridgehead atoms. The number of benzene rings is 2. The molecule has 2 aromatic rings. The van der Waals surface area contributed by atoms with Gasteiger partial charge in [-0.15, -0.1) is 5.10 Å². The lowest BCUT2D eigenvalue weighted by Crippen LogP contribution is -2.41. The van der Waals surface area contributed by atoms with Crippen LogP contribution in [0.4, 0.5) is 11.4 Å². The summed E-state index contributed by atoms with van der Waals surface area (Å²) in [5.74, 6) is -0.570. The number of halogens is 1. The van der Waals surface area contributed by atoms with E-state index in [1.165, 1.54) is 0 Å². The monoisotopic (exact) mass is 469 g/mol. The van der Waals surface area contributed by atoms with Crippen LogP contribution in [-0.4, -0.2) is 42.0 Å². The number of hydrogen-bond donors (Lipinski definition) is 2. The van der Waals surface area contributed by atoms with Crippen LogP contribution >= 0.6 is 23.4 Å². The Kier molecular flexibility index (Phi) is 8.08. The number of carbonyl (C=O) groups excluding carboxylic acids is 2. The molecular weight excluding hydrogens is 446 g/mol. The van der Waals surface area contributed by atoms with Crippen LogP contribution in [0.1, 0.15) is 18.9 Å². The lowest BCUT2D eigenvalue weighted by Gasteiger charge is -2.21. The van der Waals surface area contributed by atoms with E-state index < -0.39 is 5.25 Å². The lowest BCUT2D eigenvalue weighted by molar-refractivity contribution is -0.123. The zero-order valence-corrected chi connectivity index (χ0v) is 19.6. The Hall–Kier alpha value is -3.10. The number of anilines is 2. The normalized spacial score (nSPS) is 18.0. The standard InChI is InChI=1S/C23H24ClN5O2S/c1-15(7-8-16-9-11-19(12-10-16)29(2)3)27-28-23-26-21(30)14-20(32-23)22(31)25-18-6-4-5-17(24)13-18/h4-13,20H,14H2,1-3H3,(H,25,31)(H,26,28,30)/b8-7+,27-15-/t20-/m1/s1. The second-order valence-electron chi connectivity index (χ2n) is 7.32. The van der Waals surface area contributed by atoms with Crippen LogP contribution in [-0.2, 0) is 9.59 Å². The topological polar surface area (TPSA) is 86.2 Å². The zero-order chi connectivity index (χ0) is 23.1. The van der Waals surface area contributed by atoms with Gasteiger partial charge in [-0.05, 0) is 48.9 Å². The number of allylic oxidation sites excluding steroid dienone is 1. The van der Waals surface area contributed by atoms with Gasteiger partial charge in [-0.3, -0.25) is 9.59 Å². The summed E-state index contributed by atoms with van der Waals surface area (Å²) in [4.78, 5) is 26.7.